The van der Waals surface area contributed by atoms with Crippen LogP contribution in [0.3, 0.4) is 0 Å². The highest BCUT2D eigenvalue weighted by Crippen LogP contribution is 2.23. The lowest BCUT2D eigenvalue weighted by atomic mass is 9.87. The molecule has 0 radical (unpaired) electrons. The van der Waals surface area contributed by atoms with Crippen LogP contribution in [0.4, 0.5) is 15.8 Å². The van der Waals surface area contributed by atoms with Crippen molar-refractivity contribution >= 4 is 17.3 Å². The largest absolute Gasteiger partial charge is 0.399 e. The molecule has 0 aliphatic heterocycles. The van der Waals surface area contributed by atoms with Crippen molar-refractivity contribution in [2.45, 2.75) is 26.2 Å². The molecule has 1 amide bonds. The molecule has 0 aliphatic rings. The number of rotatable bonds is 2. The van der Waals surface area contributed by atoms with Crippen LogP contribution < -0.4 is 11.1 Å². The highest BCUT2D eigenvalue weighted by Gasteiger charge is 2.15. The van der Waals surface area contributed by atoms with E-state index in [-0.39, 0.29) is 17.0 Å². The molecular weight excluding hydrogens is 267 g/mol. The zero-order chi connectivity index (χ0) is 15.6. The summed E-state index contributed by atoms with van der Waals surface area (Å²) in [7, 11) is 0. The van der Waals surface area contributed by atoms with Gasteiger partial charge in [0.2, 0.25) is 0 Å². The number of hydrogen-bond acceptors (Lipinski definition) is 2. The molecule has 110 valence electrons. The second kappa shape index (κ2) is 5.56. The van der Waals surface area contributed by atoms with Gasteiger partial charge < -0.3 is 11.1 Å². The molecule has 3 N–H and O–H groups in total. The summed E-state index contributed by atoms with van der Waals surface area (Å²) in [4.78, 5) is 12.1. The minimum atomic E-state index is -0.547. The zero-order valence-corrected chi connectivity index (χ0v) is 12.4. The number of nitrogens with two attached hydrogens (primary N) is 1. The van der Waals surface area contributed by atoms with Gasteiger partial charge in [-0.1, -0.05) is 32.9 Å². The molecule has 2 aromatic rings. The topological polar surface area (TPSA) is 55.1 Å². The number of carbonyl (C=O) groups is 1. The number of anilines is 2. The van der Waals surface area contributed by atoms with E-state index in [1.165, 1.54) is 12.1 Å². The van der Waals surface area contributed by atoms with Gasteiger partial charge in [0.05, 0.1) is 5.69 Å². The molecule has 0 aliphatic carbocycles. The molecule has 0 saturated carbocycles. The summed E-state index contributed by atoms with van der Waals surface area (Å²) >= 11 is 0. The van der Waals surface area contributed by atoms with Crippen LogP contribution in [-0.2, 0) is 5.41 Å². The molecule has 0 spiro atoms. The lowest BCUT2D eigenvalue weighted by Crippen LogP contribution is -2.15. The number of hydrogen-bond donors (Lipinski definition) is 2. The fraction of sp³-hybridized carbons (Fsp3) is 0.235. The van der Waals surface area contributed by atoms with Crippen molar-refractivity contribution in [2.75, 3.05) is 11.1 Å². The van der Waals surface area contributed by atoms with Gasteiger partial charge in [-0.05, 0) is 41.3 Å². The van der Waals surface area contributed by atoms with Crippen LogP contribution >= 0.6 is 0 Å². The Balaban J connectivity index is 2.17. The number of nitrogen functional groups attached to an aromatic ring is 1. The van der Waals surface area contributed by atoms with E-state index in [0.717, 1.165) is 5.56 Å². The van der Waals surface area contributed by atoms with E-state index in [0.29, 0.717) is 11.3 Å². The van der Waals surface area contributed by atoms with Gasteiger partial charge in [-0.25, -0.2) is 4.39 Å². The molecule has 0 heterocycles. The number of amides is 1. The monoisotopic (exact) mass is 286 g/mol. The van der Waals surface area contributed by atoms with Gasteiger partial charge in [0.25, 0.3) is 5.91 Å². The third-order valence-electron chi connectivity index (χ3n) is 3.25. The van der Waals surface area contributed by atoms with E-state index >= 15 is 0 Å². The van der Waals surface area contributed by atoms with E-state index in [1.54, 1.807) is 18.2 Å². The zero-order valence-electron chi connectivity index (χ0n) is 12.4. The molecule has 21 heavy (non-hydrogen) atoms. The molecule has 0 aromatic heterocycles. The summed E-state index contributed by atoms with van der Waals surface area (Å²) in [5.74, 6) is -0.895. The third kappa shape index (κ3) is 3.60. The van der Waals surface area contributed by atoms with Crippen molar-refractivity contribution in [2.24, 2.45) is 0 Å². The lowest BCUT2D eigenvalue weighted by Gasteiger charge is -2.19. The smallest absolute Gasteiger partial charge is 0.255 e. The van der Waals surface area contributed by atoms with Crippen LogP contribution in [0.15, 0.2) is 42.5 Å². The average Bonchev–Trinajstić information content (AvgIpc) is 2.41. The van der Waals surface area contributed by atoms with Crippen LogP contribution in [0.1, 0.15) is 36.7 Å². The summed E-state index contributed by atoms with van der Waals surface area (Å²) in [6.45, 7) is 6.31. The fourth-order valence-electron chi connectivity index (χ4n) is 1.95. The Bertz CT molecular complexity index is 657. The van der Waals surface area contributed by atoms with Crippen molar-refractivity contribution < 1.29 is 9.18 Å². The van der Waals surface area contributed by atoms with Crippen molar-refractivity contribution in [3.05, 3.63) is 59.4 Å². The summed E-state index contributed by atoms with van der Waals surface area (Å²) in [5.41, 5.74) is 7.56. The maximum Gasteiger partial charge on any atom is 0.255 e. The highest BCUT2D eigenvalue weighted by atomic mass is 19.1. The Morgan fingerprint density at radius 3 is 2.24 bits per heavy atom. The van der Waals surface area contributed by atoms with Crippen molar-refractivity contribution in [1.82, 2.24) is 0 Å². The summed E-state index contributed by atoms with van der Waals surface area (Å²) in [5, 5.41) is 2.54. The molecule has 0 bridgehead atoms. The van der Waals surface area contributed by atoms with E-state index in [1.807, 2.05) is 12.1 Å². The van der Waals surface area contributed by atoms with Gasteiger partial charge in [0, 0.05) is 11.3 Å². The molecule has 4 heteroatoms. The molecule has 0 atom stereocenters. The van der Waals surface area contributed by atoms with Gasteiger partial charge in [-0.3, -0.25) is 4.79 Å². The van der Waals surface area contributed by atoms with Crippen LogP contribution in [-0.4, -0.2) is 5.91 Å². The predicted molar refractivity (Wildman–Crippen MR) is 83.9 cm³/mol. The molecule has 3 nitrogen and oxygen atoms in total. The van der Waals surface area contributed by atoms with Crippen LogP contribution in [0.2, 0.25) is 0 Å². The van der Waals surface area contributed by atoms with E-state index < -0.39 is 5.82 Å². The fourth-order valence-corrected chi connectivity index (χ4v) is 1.95. The normalized spacial score (nSPS) is 11.2. The summed E-state index contributed by atoms with van der Waals surface area (Å²) in [6.07, 6.45) is 0. The maximum atomic E-state index is 13.7. The standard InChI is InChI=1S/C17H19FN2O/c1-17(2,3)12-6-4-11(5-7-12)16(21)20-15-9-8-13(19)10-14(15)18/h4-10H,19H2,1-3H3,(H,20,21). The Kier molecular flexibility index (Phi) is 3.98. The Morgan fingerprint density at radius 2 is 1.71 bits per heavy atom. The van der Waals surface area contributed by atoms with Crippen molar-refractivity contribution in [3.8, 4) is 0 Å². The van der Waals surface area contributed by atoms with Crippen molar-refractivity contribution in [3.63, 3.8) is 0 Å². The average molecular weight is 286 g/mol. The van der Waals surface area contributed by atoms with Gasteiger partial charge >= 0.3 is 0 Å². The molecule has 0 fully saturated rings. The van der Waals surface area contributed by atoms with Crippen LogP contribution in [0.25, 0.3) is 0 Å². The first kappa shape index (κ1) is 15.0. The summed E-state index contributed by atoms with van der Waals surface area (Å²) < 4.78 is 13.7. The highest BCUT2D eigenvalue weighted by molar-refractivity contribution is 6.04. The maximum absolute atomic E-state index is 13.7. The summed E-state index contributed by atoms with van der Waals surface area (Å²) in [6, 6.07) is 11.5. The van der Waals surface area contributed by atoms with Gasteiger partial charge in [-0.2, -0.15) is 0 Å². The lowest BCUT2D eigenvalue weighted by molar-refractivity contribution is 0.102. The second-order valence-electron chi connectivity index (χ2n) is 6.02. The van der Waals surface area contributed by atoms with Gasteiger partial charge in [-0.15, -0.1) is 0 Å². The molecule has 2 aromatic carbocycles. The first-order valence-electron chi connectivity index (χ1n) is 6.74. The minimum absolute atomic E-state index is 0.0259. The van der Waals surface area contributed by atoms with E-state index in [2.05, 4.69) is 26.1 Å². The quantitative estimate of drug-likeness (QED) is 0.821. The Hall–Kier alpha value is -2.36. The first-order valence-corrected chi connectivity index (χ1v) is 6.74. The SMILES string of the molecule is CC(C)(C)c1ccc(C(=O)Nc2ccc(N)cc2F)cc1. The van der Waals surface area contributed by atoms with Crippen LogP contribution in [0, 0.1) is 5.82 Å². The number of benzene rings is 2. The number of halogens is 1. The Morgan fingerprint density at radius 1 is 1.10 bits per heavy atom. The Labute approximate surface area is 124 Å². The minimum Gasteiger partial charge on any atom is -0.399 e. The molecule has 2 rings (SSSR count). The molecule has 0 unspecified atom stereocenters. The number of nitrogens with one attached hydrogen (secondary N) is 1. The van der Waals surface area contributed by atoms with Gasteiger partial charge in [0.15, 0.2) is 0 Å². The van der Waals surface area contributed by atoms with Gasteiger partial charge in [0.1, 0.15) is 5.82 Å². The predicted octanol–water partition coefficient (Wildman–Crippen LogP) is 3.96. The first-order chi connectivity index (χ1) is 9.77. The molecule has 0 saturated heterocycles. The number of carbonyl (C=O) groups excluding carboxylic acids is 1. The van der Waals surface area contributed by atoms with Crippen LogP contribution in [0.5, 0.6) is 0 Å². The van der Waals surface area contributed by atoms with E-state index in [9.17, 15) is 9.18 Å². The second-order valence-corrected chi connectivity index (χ2v) is 6.02. The molecular formula is C17H19FN2O. The van der Waals surface area contributed by atoms with Crippen molar-refractivity contribution in [1.29, 1.82) is 0 Å². The third-order valence-corrected chi connectivity index (χ3v) is 3.25. The van der Waals surface area contributed by atoms with E-state index in [4.69, 9.17) is 5.73 Å².